The van der Waals surface area contributed by atoms with Gasteiger partial charge in [-0.2, -0.15) is 0 Å². The molecule has 0 N–H and O–H groups in total. The molecule has 7 aromatic rings. The van der Waals surface area contributed by atoms with Crippen LogP contribution in [0.25, 0.3) is 33.0 Å². The van der Waals surface area contributed by atoms with E-state index >= 15 is 0 Å². The molecule has 232 valence electrons. The fraction of sp³-hybridized carbons (Fsp3) is 0.130. The molecular weight excluding hydrogens is 583 g/mol. The van der Waals surface area contributed by atoms with E-state index in [1.165, 1.54) is 44.2 Å². The minimum atomic E-state index is -0.160. The summed E-state index contributed by atoms with van der Waals surface area (Å²) < 4.78 is 6.64. The number of para-hydroxylation sites is 2. The Morgan fingerprint density at radius 3 is 1.92 bits per heavy atom. The van der Waals surface area contributed by atoms with Crippen molar-refractivity contribution in [2.24, 2.45) is 0 Å². The van der Waals surface area contributed by atoms with Crippen LogP contribution in [0.2, 0.25) is 0 Å². The Hall–Kier alpha value is -5.60. The van der Waals surface area contributed by atoms with E-state index in [9.17, 15) is 0 Å². The number of hydrogen-bond donors (Lipinski definition) is 0. The molecule has 0 atom stereocenters. The summed E-state index contributed by atoms with van der Waals surface area (Å²) in [6, 6.07) is 55.1. The van der Waals surface area contributed by atoms with Gasteiger partial charge in [-0.1, -0.05) is 143 Å². The lowest BCUT2D eigenvalue weighted by molar-refractivity contribution is 0.419. The minimum Gasteiger partial charge on any atom is -0.456 e. The fourth-order valence-corrected chi connectivity index (χ4v) is 8.15. The van der Waals surface area contributed by atoms with E-state index in [0.717, 1.165) is 39.7 Å². The first-order chi connectivity index (χ1) is 23.3. The number of rotatable bonds is 4. The molecular formula is C46H37NO. The fourth-order valence-electron chi connectivity index (χ4n) is 8.15. The van der Waals surface area contributed by atoms with Crippen LogP contribution in [0.15, 0.2) is 152 Å². The van der Waals surface area contributed by atoms with Crippen LogP contribution in [0.4, 0.5) is 17.1 Å². The molecule has 2 nitrogen and oxygen atoms in total. The molecule has 0 bridgehead atoms. The standard InChI is InChI=1S/C46H37NO/c1-45(2)38-18-8-7-16-36(38)37-28-27-33(29-41(37)45)47(42-21-11-14-30-13-5-6-15-34(30)42)32-25-23-31(24-26-32)35-17-12-20-40-44(35)48-43-22-10-9-19-39(43)46(40,3)4/h5-29H,1-4H3. The first-order valence-corrected chi connectivity index (χ1v) is 16.9. The van der Waals surface area contributed by atoms with Crippen LogP contribution in [0.5, 0.6) is 11.5 Å². The lowest BCUT2D eigenvalue weighted by atomic mass is 9.75. The lowest BCUT2D eigenvalue weighted by Crippen LogP contribution is -2.24. The number of benzene rings is 7. The molecule has 0 radical (unpaired) electrons. The summed E-state index contributed by atoms with van der Waals surface area (Å²) in [6.07, 6.45) is 0. The summed E-state index contributed by atoms with van der Waals surface area (Å²) in [5.41, 5.74) is 13.3. The predicted molar refractivity (Wildman–Crippen MR) is 200 cm³/mol. The second-order valence-electron chi connectivity index (χ2n) is 14.2. The van der Waals surface area contributed by atoms with Gasteiger partial charge < -0.3 is 9.64 Å². The molecule has 0 spiro atoms. The van der Waals surface area contributed by atoms with E-state index in [-0.39, 0.29) is 10.8 Å². The lowest BCUT2D eigenvalue weighted by Gasteiger charge is -2.35. The summed E-state index contributed by atoms with van der Waals surface area (Å²) in [7, 11) is 0. The van der Waals surface area contributed by atoms with Gasteiger partial charge in [-0.3, -0.25) is 0 Å². The van der Waals surface area contributed by atoms with E-state index in [1.807, 2.05) is 0 Å². The van der Waals surface area contributed by atoms with Crippen LogP contribution in [-0.4, -0.2) is 0 Å². The third-order valence-corrected chi connectivity index (χ3v) is 10.7. The highest BCUT2D eigenvalue weighted by atomic mass is 16.5. The average molecular weight is 620 g/mol. The highest BCUT2D eigenvalue weighted by molar-refractivity contribution is 5.99. The maximum Gasteiger partial charge on any atom is 0.139 e. The van der Waals surface area contributed by atoms with Crippen molar-refractivity contribution in [3.63, 3.8) is 0 Å². The Balaban J connectivity index is 1.18. The molecule has 48 heavy (non-hydrogen) atoms. The van der Waals surface area contributed by atoms with Crippen molar-refractivity contribution in [2.45, 2.75) is 38.5 Å². The van der Waals surface area contributed by atoms with Gasteiger partial charge in [-0.15, -0.1) is 0 Å². The summed E-state index contributed by atoms with van der Waals surface area (Å²) in [4.78, 5) is 2.42. The second kappa shape index (κ2) is 10.5. The molecule has 1 aliphatic heterocycles. The third-order valence-electron chi connectivity index (χ3n) is 10.7. The van der Waals surface area contributed by atoms with Crippen molar-refractivity contribution in [3.8, 4) is 33.8 Å². The highest BCUT2D eigenvalue weighted by Gasteiger charge is 2.37. The van der Waals surface area contributed by atoms with Crippen molar-refractivity contribution in [1.29, 1.82) is 0 Å². The van der Waals surface area contributed by atoms with Crippen molar-refractivity contribution in [1.82, 2.24) is 0 Å². The van der Waals surface area contributed by atoms with Crippen molar-refractivity contribution in [3.05, 3.63) is 174 Å². The zero-order chi connectivity index (χ0) is 32.6. The molecule has 9 rings (SSSR count). The predicted octanol–water partition coefficient (Wildman–Crippen LogP) is 12.7. The Bertz CT molecular complexity index is 2370. The molecule has 7 aromatic carbocycles. The van der Waals surface area contributed by atoms with Gasteiger partial charge in [0.25, 0.3) is 0 Å². The van der Waals surface area contributed by atoms with Crippen molar-refractivity contribution in [2.75, 3.05) is 4.90 Å². The molecule has 0 saturated heterocycles. The quantitative estimate of drug-likeness (QED) is 0.194. The van der Waals surface area contributed by atoms with Crippen LogP contribution in [0.3, 0.4) is 0 Å². The van der Waals surface area contributed by atoms with Crippen LogP contribution >= 0.6 is 0 Å². The Morgan fingerprint density at radius 2 is 1.06 bits per heavy atom. The molecule has 1 heterocycles. The summed E-state index contributed by atoms with van der Waals surface area (Å²) in [5, 5.41) is 2.44. The van der Waals surface area contributed by atoms with Crippen LogP contribution in [-0.2, 0) is 10.8 Å². The number of nitrogens with zero attached hydrogens (tertiary/aromatic N) is 1. The van der Waals surface area contributed by atoms with Gasteiger partial charge >= 0.3 is 0 Å². The van der Waals surface area contributed by atoms with Crippen molar-refractivity contribution >= 4 is 27.8 Å². The van der Waals surface area contributed by atoms with Crippen LogP contribution in [0.1, 0.15) is 49.9 Å². The molecule has 1 aliphatic carbocycles. The first-order valence-electron chi connectivity index (χ1n) is 16.9. The van der Waals surface area contributed by atoms with E-state index in [0.29, 0.717) is 0 Å². The molecule has 0 amide bonds. The van der Waals surface area contributed by atoms with E-state index < -0.39 is 0 Å². The van der Waals surface area contributed by atoms with Gasteiger partial charge in [0, 0.05) is 44.3 Å². The summed E-state index contributed by atoms with van der Waals surface area (Å²) >= 11 is 0. The smallest absolute Gasteiger partial charge is 0.139 e. The van der Waals surface area contributed by atoms with Gasteiger partial charge in [0.05, 0.1) is 5.69 Å². The SMILES string of the molecule is CC1(C)c2ccccc2-c2ccc(N(c3ccc(-c4cccc5c4Oc4ccccc4C5(C)C)cc3)c3cccc4ccccc34)cc21. The average Bonchev–Trinajstić information content (AvgIpc) is 3.34. The minimum absolute atomic E-state index is 0.0883. The highest BCUT2D eigenvalue weighted by Crippen LogP contribution is 2.53. The number of hydrogen-bond acceptors (Lipinski definition) is 2. The molecule has 0 unspecified atom stereocenters. The van der Waals surface area contributed by atoms with E-state index in [1.54, 1.807) is 0 Å². The molecule has 0 aromatic heterocycles. The van der Waals surface area contributed by atoms with Gasteiger partial charge in [0.15, 0.2) is 0 Å². The Morgan fingerprint density at radius 1 is 0.458 bits per heavy atom. The zero-order valence-electron chi connectivity index (χ0n) is 27.8. The Kier molecular flexibility index (Phi) is 6.23. The van der Waals surface area contributed by atoms with Gasteiger partial charge in [0.2, 0.25) is 0 Å². The largest absolute Gasteiger partial charge is 0.456 e. The molecule has 2 aliphatic rings. The van der Waals surface area contributed by atoms with Gasteiger partial charge in [-0.25, -0.2) is 0 Å². The molecule has 0 fully saturated rings. The molecule has 0 saturated carbocycles. The summed E-state index contributed by atoms with van der Waals surface area (Å²) in [5.74, 6) is 1.88. The number of fused-ring (bicyclic) bond motifs is 6. The third kappa shape index (κ3) is 4.19. The maximum absolute atomic E-state index is 6.64. The van der Waals surface area contributed by atoms with Crippen molar-refractivity contribution < 1.29 is 4.74 Å². The first kappa shape index (κ1) is 28.6. The van der Waals surface area contributed by atoms with E-state index in [4.69, 9.17) is 4.74 Å². The molecule has 2 heteroatoms. The monoisotopic (exact) mass is 619 g/mol. The van der Waals surface area contributed by atoms with E-state index in [2.05, 4.69) is 184 Å². The van der Waals surface area contributed by atoms with Crippen LogP contribution in [0, 0.1) is 0 Å². The zero-order valence-corrected chi connectivity index (χ0v) is 27.8. The topological polar surface area (TPSA) is 12.5 Å². The summed E-state index contributed by atoms with van der Waals surface area (Å²) in [6.45, 7) is 9.28. The second-order valence-corrected chi connectivity index (χ2v) is 14.2. The van der Waals surface area contributed by atoms with Gasteiger partial charge in [-0.05, 0) is 69.6 Å². The van der Waals surface area contributed by atoms with Gasteiger partial charge in [0.1, 0.15) is 11.5 Å². The normalized spacial score (nSPS) is 14.8. The maximum atomic E-state index is 6.64. The Labute approximate surface area is 282 Å². The van der Waals surface area contributed by atoms with Crippen LogP contribution < -0.4 is 9.64 Å². The number of ether oxygens (including phenoxy) is 1. The number of anilines is 3.